The lowest BCUT2D eigenvalue weighted by atomic mass is 10.2. The van der Waals surface area contributed by atoms with Crippen molar-refractivity contribution in [3.8, 4) is 12.3 Å². The summed E-state index contributed by atoms with van der Waals surface area (Å²) >= 11 is 0. The Morgan fingerprint density at radius 2 is 1.79 bits per heavy atom. The topological polar surface area (TPSA) is 52.6 Å². The van der Waals surface area contributed by atoms with Crippen LogP contribution >= 0.6 is 0 Å². The molecule has 0 fully saturated rings. The predicted molar refractivity (Wildman–Crippen MR) is 73.3 cm³/mol. The molecule has 0 aromatic carbocycles. The first-order chi connectivity index (χ1) is 9.10. The van der Waals surface area contributed by atoms with Gasteiger partial charge in [0, 0.05) is 12.8 Å². The lowest BCUT2D eigenvalue weighted by Crippen LogP contribution is -2.13. The van der Waals surface area contributed by atoms with Gasteiger partial charge in [-0.1, -0.05) is 32.1 Å². The zero-order valence-corrected chi connectivity index (χ0v) is 11.9. The van der Waals surface area contributed by atoms with Gasteiger partial charge in [-0.25, -0.2) is 0 Å². The van der Waals surface area contributed by atoms with Crippen LogP contribution in [0.2, 0.25) is 0 Å². The van der Waals surface area contributed by atoms with Crippen molar-refractivity contribution in [2.24, 2.45) is 0 Å². The molecule has 0 aliphatic heterocycles. The average molecular weight is 268 g/mol. The predicted octanol–water partition coefficient (Wildman–Crippen LogP) is 2.85. The van der Waals surface area contributed by atoms with E-state index in [1.807, 2.05) is 0 Å². The summed E-state index contributed by atoms with van der Waals surface area (Å²) in [4.78, 5) is 22.6. The summed E-state index contributed by atoms with van der Waals surface area (Å²) in [7, 11) is 0. The summed E-state index contributed by atoms with van der Waals surface area (Å²) in [5, 5.41) is 0. The van der Waals surface area contributed by atoms with E-state index in [1.165, 1.54) is 0 Å². The van der Waals surface area contributed by atoms with E-state index in [4.69, 9.17) is 15.9 Å². The molecule has 1 atom stereocenters. The minimum Gasteiger partial charge on any atom is -0.466 e. The van der Waals surface area contributed by atoms with Crippen LogP contribution < -0.4 is 0 Å². The molecule has 4 nitrogen and oxygen atoms in total. The summed E-state index contributed by atoms with van der Waals surface area (Å²) in [6.45, 7) is 4.23. The lowest BCUT2D eigenvalue weighted by Gasteiger charge is -2.07. The maximum atomic E-state index is 11.3. The van der Waals surface area contributed by atoms with E-state index in [-0.39, 0.29) is 24.8 Å². The Morgan fingerprint density at radius 3 is 2.42 bits per heavy atom. The second-order valence-corrected chi connectivity index (χ2v) is 4.43. The number of unbranched alkanes of at least 4 members (excludes halogenated alkanes) is 3. The highest BCUT2D eigenvalue weighted by atomic mass is 16.5. The third-order valence-corrected chi connectivity index (χ3v) is 2.57. The average Bonchev–Trinajstić information content (AvgIpc) is 2.38. The third-order valence-electron chi connectivity index (χ3n) is 2.57. The molecule has 0 aromatic rings. The normalized spacial score (nSPS) is 11.4. The molecule has 0 aliphatic carbocycles. The molecule has 19 heavy (non-hydrogen) atoms. The van der Waals surface area contributed by atoms with Crippen molar-refractivity contribution >= 4 is 11.9 Å². The van der Waals surface area contributed by atoms with Crippen LogP contribution in [0.25, 0.3) is 0 Å². The third kappa shape index (κ3) is 11.3. The van der Waals surface area contributed by atoms with Gasteiger partial charge in [0.15, 0.2) is 6.10 Å². The van der Waals surface area contributed by atoms with E-state index in [9.17, 15) is 9.59 Å². The van der Waals surface area contributed by atoms with Crippen molar-refractivity contribution in [2.45, 2.75) is 64.9 Å². The Bertz CT molecular complexity index is 304. The molecule has 4 heteroatoms. The van der Waals surface area contributed by atoms with Crippen molar-refractivity contribution in [1.29, 1.82) is 0 Å². The molecule has 0 amide bonds. The van der Waals surface area contributed by atoms with Gasteiger partial charge in [-0.2, -0.15) is 0 Å². The maximum absolute atomic E-state index is 11.3. The van der Waals surface area contributed by atoms with Crippen LogP contribution in [-0.2, 0) is 19.1 Å². The SMILES string of the molecule is C#CC(C)OC(=O)CCCC(=O)OCCCCCC. The first kappa shape index (κ1) is 17.5. The fraction of sp³-hybridized carbons (Fsp3) is 0.733. The minimum absolute atomic E-state index is 0.191. The van der Waals surface area contributed by atoms with E-state index >= 15 is 0 Å². The van der Waals surface area contributed by atoms with Crippen molar-refractivity contribution in [3.05, 3.63) is 0 Å². The van der Waals surface area contributed by atoms with E-state index in [0.29, 0.717) is 13.0 Å². The minimum atomic E-state index is -0.516. The van der Waals surface area contributed by atoms with E-state index < -0.39 is 6.10 Å². The van der Waals surface area contributed by atoms with Gasteiger partial charge >= 0.3 is 11.9 Å². The zero-order chi connectivity index (χ0) is 14.5. The molecule has 0 aliphatic rings. The van der Waals surface area contributed by atoms with E-state index in [1.54, 1.807) is 6.92 Å². The smallest absolute Gasteiger partial charge is 0.307 e. The summed E-state index contributed by atoms with van der Waals surface area (Å²) in [5.74, 6) is 1.68. The lowest BCUT2D eigenvalue weighted by molar-refractivity contribution is -0.146. The molecule has 108 valence electrons. The summed E-state index contributed by atoms with van der Waals surface area (Å²) < 4.78 is 9.93. The van der Waals surface area contributed by atoms with Crippen LogP contribution in [0.5, 0.6) is 0 Å². The van der Waals surface area contributed by atoms with Crippen LogP contribution in [0.4, 0.5) is 0 Å². The first-order valence-corrected chi connectivity index (χ1v) is 6.91. The van der Waals surface area contributed by atoms with Crippen LogP contribution in [0.3, 0.4) is 0 Å². The van der Waals surface area contributed by atoms with Gasteiger partial charge in [0.05, 0.1) is 6.61 Å². The standard InChI is InChI=1S/C15H24O4/c1-4-6-7-8-12-18-14(16)10-9-11-15(17)19-13(3)5-2/h2,13H,4,6-12H2,1,3H3. The van der Waals surface area contributed by atoms with Crippen molar-refractivity contribution in [2.75, 3.05) is 6.61 Å². The summed E-state index contributed by atoms with van der Waals surface area (Å²) in [6, 6.07) is 0. The van der Waals surface area contributed by atoms with Gasteiger partial charge in [0.2, 0.25) is 0 Å². The summed E-state index contributed by atoms with van der Waals surface area (Å²) in [5.41, 5.74) is 0. The van der Waals surface area contributed by atoms with Crippen LogP contribution in [0.1, 0.15) is 58.8 Å². The molecule has 0 N–H and O–H groups in total. The first-order valence-electron chi connectivity index (χ1n) is 6.91. The highest BCUT2D eigenvalue weighted by Crippen LogP contribution is 2.03. The van der Waals surface area contributed by atoms with Gasteiger partial charge < -0.3 is 9.47 Å². The van der Waals surface area contributed by atoms with Gasteiger partial charge in [-0.3, -0.25) is 9.59 Å². The van der Waals surface area contributed by atoms with Gasteiger partial charge in [-0.05, 0) is 19.8 Å². The number of hydrogen-bond acceptors (Lipinski definition) is 4. The summed E-state index contributed by atoms with van der Waals surface area (Å²) in [6.07, 6.45) is 9.75. The quantitative estimate of drug-likeness (QED) is 0.347. The number of rotatable bonds is 10. The molecule has 0 spiro atoms. The number of terminal acetylenes is 1. The molecule has 0 bridgehead atoms. The molecule has 0 heterocycles. The monoisotopic (exact) mass is 268 g/mol. The molecule has 0 saturated carbocycles. The second kappa shape index (κ2) is 11.6. The Hall–Kier alpha value is -1.50. The maximum Gasteiger partial charge on any atom is 0.307 e. The number of esters is 2. The fourth-order valence-electron chi connectivity index (χ4n) is 1.45. The molecule has 0 radical (unpaired) electrons. The molecule has 0 aromatic heterocycles. The van der Waals surface area contributed by atoms with Gasteiger partial charge in [0.1, 0.15) is 0 Å². The van der Waals surface area contributed by atoms with Crippen molar-refractivity contribution < 1.29 is 19.1 Å². The van der Waals surface area contributed by atoms with E-state index in [2.05, 4.69) is 12.8 Å². The van der Waals surface area contributed by atoms with Crippen LogP contribution in [-0.4, -0.2) is 24.6 Å². The molecular weight excluding hydrogens is 244 g/mol. The van der Waals surface area contributed by atoms with Gasteiger partial charge in [0.25, 0.3) is 0 Å². The second-order valence-electron chi connectivity index (χ2n) is 4.43. The van der Waals surface area contributed by atoms with Gasteiger partial charge in [-0.15, -0.1) is 6.42 Å². The van der Waals surface area contributed by atoms with E-state index in [0.717, 1.165) is 25.7 Å². The largest absolute Gasteiger partial charge is 0.466 e. The molecule has 0 rings (SSSR count). The molecule has 1 unspecified atom stereocenters. The Kier molecular flexibility index (Phi) is 10.7. The highest BCUT2D eigenvalue weighted by molar-refractivity contribution is 5.72. The number of carbonyl (C=O) groups is 2. The molecule has 0 saturated heterocycles. The van der Waals surface area contributed by atoms with Crippen LogP contribution in [0, 0.1) is 12.3 Å². The number of carbonyl (C=O) groups excluding carboxylic acids is 2. The Balaban J connectivity index is 3.48. The fourth-order valence-corrected chi connectivity index (χ4v) is 1.45. The van der Waals surface area contributed by atoms with Crippen molar-refractivity contribution in [3.63, 3.8) is 0 Å². The number of ether oxygens (including phenoxy) is 2. The number of hydrogen-bond donors (Lipinski definition) is 0. The molecular formula is C15H24O4. The zero-order valence-electron chi connectivity index (χ0n) is 11.9. The van der Waals surface area contributed by atoms with Crippen molar-refractivity contribution in [1.82, 2.24) is 0 Å². The van der Waals surface area contributed by atoms with Crippen LogP contribution in [0.15, 0.2) is 0 Å². The Morgan fingerprint density at radius 1 is 1.11 bits per heavy atom. The highest BCUT2D eigenvalue weighted by Gasteiger charge is 2.09. The Labute approximate surface area is 115 Å².